The van der Waals surface area contributed by atoms with Crippen molar-refractivity contribution in [3.05, 3.63) is 70.5 Å². The van der Waals surface area contributed by atoms with Gasteiger partial charge >= 0.3 is 0 Å². The molecule has 3 N–H and O–H groups in total. The largest absolute Gasteiger partial charge is 0.390 e. The van der Waals surface area contributed by atoms with E-state index < -0.39 is 12.1 Å². The van der Waals surface area contributed by atoms with Crippen LogP contribution < -0.4 is 10.6 Å². The normalized spacial score (nSPS) is 18.7. The van der Waals surface area contributed by atoms with Crippen molar-refractivity contribution in [1.29, 1.82) is 0 Å². The maximum absolute atomic E-state index is 14.2. The number of ether oxygens (including phenoxy) is 1. The molecular weight excluding hydrogens is 443 g/mol. The molecule has 35 heavy (non-hydrogen) atoms. The Morgan fingerprint density at radius 2 is 1.97 bits per heavy atom. The lowest BCUT2D eigenvalue weighted by Gasteiger charge is -2.29. The van der Waals surface area contributed by atoms with Gasteiger partial charge in [-0.3, -0.25) is 4.79 Å². The number of hydrogen-bond acceptors (Lipinski definition) is 4. The molecular formula is C29H39FN2O3. The average Bonchev–Trinajstić information content (AvgIpc) is 3.71. The summed E-state index contributed by atoms with van der Waals surface area (Å²) in [5.41, 5.74) is 3.99. The summed E-state index contributed by atoms with van der Waals surface area (Å²) in [6.45, 7) is 6.76. The molecule has 0 aromatic heterocycles. The Hall–Kier alpha value is -2.28. The molecule has 0 saturated heterocycles. The Labute approximate surface area is 208 Å². The van der Waals surface area contributed by atoms with E-state index in [0.717, 1.165) is 36.8 Å². The van der Waals surface area contributed by atoms with Gasteiger partial charge < -0.3 is 20.5 Å². The number of halogens is 1. The van der Waals surface area contributed by atoms with Crippen molar-refractivity contribution in [3.8, 4) is 0 Å². The van der Waals surface area contributed by atoms with E-state index in [1.165, 1.54) is 24.1 Å². The topological polar surface area (TPSA) is 70.6 Å². The third kappa shape index (κ3) is 6.49. The second-order valence-electron chi connectivity index (χ2n) is 11.1. The molecule has 2 saturated carbocycles. The Kier molecular flexibility index (Phi) is 7.65. The molecule has 2 unspecified atom stereocenters. The molecule has 0 aliphatic heterocycles. The third-order valence-electron chi connectivity index (χ3n) is 7.44. The number of amides is 1. The van der Waals surface area contributed by atoms with Crippen LogP contribution in [0.5, 0.6) is 0 Å². The van der Waals surface area contributed by atoms with Crippen molar-refractivity contribution >= 4 is 5.91 Å². The first-order valence-corrected chi connectivity index (χ1v) is 12.7. The predicted octanol–water partition coefficient (Wildman–Crippen LogP) is 4.31. The summed E-state index contributed by atoms with van der Waals surface area (Å²) in [5.74, 6) is -0.0245. The number of nitrogens with one attached hydrogen (secondary N) is 2. The summed E-state index contributed by atoms with van der Waals surface area (Å²) in [6, 6.07) is 13.2. The maximum atomic E-state index is 14.2. The molecule has 5 nitrogen and oxygen atoms in total. The van der Waals surface area contributed by atoms with Gasteiger partial charge in [-0.2, -0.15) is 0 Å². The minimum Gasteiger partial charge on any atom is -0.390 e. The first-order chi connectivity index (χ1) is 16.6. The first-order valence-electron chi connectivity index (χ1n) is 12.7. The third-order valence-corrected chi connectivity index (χ3v) is 7.44. The number of aliphatic hydroxyl groups is 1. The fourth-order valence-corrected chi connectivity index (χ4v) is 5.06. The van der Waals surface area contributed by atoms with E-state index in [-0.39, 0.29) is 22.7 Å². The quantitative estimate of drug-likeness (QED) is 0.422. The van der Waals surface area contributed by atoms with E-state index in [9.17, 15) is 14.3 Å². The molecule has 2 aromatic carbocycles. The molecule has 1 amide bonds. The monoisotopic (exact) mass is 482 g/mol. The van der Waals surface area contributed by atoms with Gasteiger partial charge in [-0.15, -0.1) is 0 Å². The smallest absolute Gasteiger partial charge is 0.217 e. The number of rotatable bonds is 12. The van der Waals surface area contributed by atoms with Crippen molar-refractivity contribution < 1.29 is 19.0 Å². The van der Waals surface area contributed by atoms with Gasteiger partial charge in [0.15, 0.2) is 0 Å². The minimum atomic E-state index is -0.808. The van der Waals surface area contributed by atoms with E-state index in [1.807, 2.05) is 6.07 Å². The molecule has 2 aliphatic rings. The molecule has 4 rings (SSSR count). The van der Waals surface area contributed by atoms with Gasteiger partial charge in [0.2, 0.25) is 5.91 Å². The van der Waals surface area contributed by atoms with Crippen molar-refractivity contribution in [2.45, 2.75) is 81.9 Å². The molecule has 0 spiro atoms. The lowest BCUT2D eigenvalue weighted by Crippen LogP contribution is -2.49. The second kappa shape index (κ2) is 10.4. The van der Waals surface area contributed by atoms with Crippen LogP contribution >= 0.6 is 0 Å². The van der Waals surface area contributed by atoms with Crippen LogP contribution in [0.15, 0.2) is 42.5 Å². The number of benzene rings is 2. The number of carbonyl (C=O) groups is 1. The zero-order valence-corrected chi connectivity index (χ0v) is 21.4. The van der Waals surface area contributed by atoms with E-state index in [2.05, 4.69) is 48.7 Å². The highest BCUT2D eigenvalue weighted by molar-refractivity contribution is 5.73. The van der Waals surface area contributed by atoms with Crippen molar-refractivity contribution in [1.82, 2.24) is 10.6 Å². The molecule has 2 fully saturated rings. The van der Waals surface area contributed by atoms with E-state index >= 15 is 0 Å². The lowest BCUT2D eigenvalue weighted by atomic mass is 9.83. The average molecular weight is 483 g/mol. The zero-order chi connectivity index (χ0) is 25.2. The van der Waals surface area contributed by atoms with Gasteiger partial charge in [0.25, 0.3) is 0 Å². The highest BCUT2D eigenvalue weighted by atomic mass is 19.1. The number of hydrogen-bond donors (Lipinski definition) is 3. The predicted molar refractivity (Wildman–Crippen MR) is 136 cm³/mol. The van der Waals surface area contributed by atoms with Gasteiger partial charge in [0.1, 0.15) is 5.82 Å². The van der Waals surface area contributed by atoms with E-state index in [4.69, 9.17) is 4.74 Å². The summed E-state index contributed by atoms with van der Waals surface area (Å²) >= 11 is 0. The van der Waals surface area contributed by atoms with Crippen LogP contribution in [0.1, 0.15) is 74.6 Å². The highest BCUT2D eigenvalue weighted by Gasteiger charge is 2.44. The van der Waals surface area contributed by atoms with Crippen LogP contribution in [0, 0.1) is 5.82 Å². The van der Waals surface area contributed by atoms with Crippen LogP contribution in [-0.4, -0.2) is 43.4 Å². The molecule has 2 aromatic rings. The van der Waals surface area contributed by atoms with Crippen LogP contribution in [0.25, 0.3) is 0 Å². The summed E-state index contributed by atoms with van der Waals surface area (Å²) in [4.78, 5) is 11.9. The Morgan fingerprint density at radius 3 is 2.60 bits per heavy atom. The SMILES string of the molecule is COCC(C)(C)c1cccc(C2(NCC(O)C(Cc3cc(F)cc(C4CC4)c3)NC(C)=O)CC2)c1. The maximum Gasteiger partial charge on any atom is 0.217 e. The molecule has 0 bridgehead atoms. The second-order valence-corrected chi connectivity index (χ2v) is 11.1. The Morgan fingerprint density at radius 1 is 1.23 bits per heavy atom. The highest BCUT2D eigenvalue weighted by Crippen LogP contribution is 2.46. The molecule has 2 atom stereocenters. The number of aliphatic hydroxyl groups excluding tert-OH is 1. The number of methoxy groups -OCH3 is 1. The number of carbonyl (C=O) groups excluding carboxylic acids is 1. The van der Waals surface area contributed by atoms with Gasteiger partial charge in [-0.25, -0.2) is 4.39 Å². The van der Waals surface area contributed by atoms with Gasteiger partial charge in [-0.1, -0.05) is 44.2 Å². The fraction of sp³-hybridized carbons (Fsp3) is 0.552. The van der Waals surface area contributed by atoms with Crippen LogP contribution in [0.3, 0.4) is 0 Å². The summed E-state index contributed by atoms with van der Waals surface area (Å²) in [5, 5.41) is 17.6. The zero-order valence-electron chi connectivity index (χ0n) is 21.4. The van der Waals surface area contributed by atoms with E-state index in [1.54, 1.807) is 13.2 Å². The van der Waals surface area contributed by atoms with Crippen molar-refractivity contribution in [2.24, 2.45) is 0 Å². The van der Waals surface area contributed by atoms with Crippen LogP contribution in [0.2, 0.25) is 0 Å². The summed E-state index contributed by atoms with van der Waals surface area (Å²) in [6.07, 6.45) is 3.75. The first kappa shape index (κ1) is 25.8. The summed E-state index contributed by atoms with van der Waals surface area (Å²) < 4.78 is 19.6. The standard InChI is InChI=1S/C29H39FN2O3/c1-19(33)32-26(14-20-12-22(21-8-9-21)15-25(30)13-20)27(34)17-31-29(10-11-29)24-7-5-6-23(16-24)28(2,3)18-35-4/h5-7,12-13,15-16,21,26-27,31,34H,8-11,14,17-18H2,1-4H3,(H,32,33). The van der Waals surface area contributed by atoms with Gasteiger partial charge in [0, 0.05) is 31.5 Å². The summed E-state index contributed by atoms with van der Waals surface area (Å²) in [7, 11) is 1.72. The molecule has 6 heteroatoms. The van der Waals surface area contributed by atoms with Crippen LogP contribution in [0.4, 0.5) is 4.39 Å². The van der Waals surface area contributed by atoms with E-state index in [0.29, 0.717) is 25.5 Å². The Bertz CT molecular complexity index is 1050. The molecule has 190 valence electrons. The van der Waals surface area contributed by atoms with Crippen molar-refractivity contribution in [2.75, 3.05) is 20.3 Å². The lowest BCUT2D eigenvalue weighted by molar-refractivity contribution is -0.120. The Balaban J connectivity index is 1.44. The molecule has 2 aliphatic carbocycles. The van der Waals surface area contributed by atoms with Gasteiger partial charge in [0.05, 0.1) is 18.8 Å². The van der Waals surface area contributed by atoms with Crippen LogP contribution in [-0.2, 0) is 26.9 Å². The van der Waals surface area contributed by atoms with Crippen molar-refractivity contribution in [3.63, 3.8) is 0 Å². The molecule has 0 heterocycles. The molecule has 0 radical (unpaired) electrons. The minimum absolute atomic E-state index is 0.0961. The van der Waals surface area contributed by atoms with Gasteiger partial charge in [-0.05, 0) is 72.4 Å². The fourth-order valence-electron chi connectivity index (χ4n) is 5.06.